The van der Waals surface area contributed by atoms with Gasteiger partial charge in [0.15, 0.2) is 0 Å². The predicted octanol–water partition coefficient (Wildman–Crippen LogP) is 1.70. The molecule has 2 bridgehead atoms. The van der Waals surface area contributed by atoms with Gasteiger partial charge >= 0.3 is 0 Å². The van der Waals surface area contributed by atoms with Crippen LogP contribution in [0.2, 0.25) is 0 Å². The Hall–Kier alpha value is -2.31. The van der Waals surface area contributed by atoms with Crippen molar-refractivity contribution in [3.05, 3.63) is 54.6 Å². The Labute approximate surface area is 140 Å². The molecule has 2 aliphatic heterocycles. The van der Waals surface area contributed by atoms with Crippen LogP contribution < -0.4 is 5.32 Å². The lowest BCUT2D eigenvalue weighted by Gasteiger charge is -2.32. The Bertz CT molecular complexity index is 695. The lowest BCUT2D eigenvalue weighted by molar-refractivity contribution is -0.123. The first kappa shape index (κ1) is 15.2. The van der Waals surface area contributed by atoms with Crippen LogP contribution in [0.4, 0.5) is 5.69 Å². The molecule has 0 saturated carbocycles. The number of amides is 1. The summed E-state index contributed by atoms with van der Waals surface area (Å²) in [5.74, 6) is -0.0705. The molecule has 2 aliphatic rings. The van der Waals surface area contributed by atoms with E-state index in [1.807, 2.05) is 36.7 Å². The SMILES string of the molecule is O=C(Nc1cccnc1)C1CC2CN(Cc3ccncc3)CC1O2. The third-order valence-corrected chi connectivity index (χ3v) is 4.65. The normalized spacial score (nSPS) is 26.2. The number of nitrogens with one attached hydrogen (secondary N) is 1. The van der Waals surface area contributed by atoms with Crippen molar-refractivity contribution in [2.24, 2.45) is 5.92 Å². The van der Waals surface area contributed by atoms with Crippen LogP contribution in [0.15, 0.2) is 49.1 Å². The molecule has 3 unspecified atom stereocenters. The Morgan fingerprint density at radius 1 is 1.21 bits per heavy atom. The van der Waals surface area contributed by atoms with Crippen LogP contribution in [0.3, 0.4) is 0 Å². The van der Waals surface area contributed by atoms with E-state index < -0.39 is 0 Å². The van der Waals surface area contributed by atoms with Crippen LogP contribution in [-0.2, 0) is 16.1 Å². The van der Waals surface area contributed by atoms with Gasteiger partial charge in [-0.05, 0) is 36.2 Å². The maximum atomic E-state index is 12.6. The number of carbonyl (C=O) groups excluding carboxylic acids is 1. The minimum absolute atomic E-state index is 0.0289. The van der Waals surface area contributed by atoms with E-state index in [9.17, 15) is 4.79 Å². The third-order valence-electron chi connectivity index (χ3n) is 4.65. The summed E-state index contributed by atoms with van der Waals surface area (Å²) in [6.07, 6.45) is 7.86. The van der Waals surface area contributed by atoms with Gasteiger partial charge in [-0.25, -0.2) is 0 Å². The minimum atomic E-state index is -0.0994. The van der Waals surface area contributed by atoms with E-state index in [0.717, 1.165) is 31.7 Å². The van der Waals surface area contributed by atoms with Gasteiger partial charge in [0, 0.05) is 38.2 Å². The van der Waals surface area contributed by atoms with Crippen LogP contribution >= 0.6 is 0 Å². The number of anilines is 1. The molecule has 0 aromatic carbocycles. The summed E-state index contributed by atoms with van der Waals surface area (Å²) in [6, 6.07) is 7.73. The van der Waals surface area contributed by atoms with Crippen molar-refractivity contribution in [3.63, 3.8) is 0 Å². The molecule has 2 saturated heterocycles. The second-order valence-corrected chi connectivity index (χ2v) is 6.42. The van der Waals surface area contributed by atoms with E-state index >= 15 is 0 Å². The molecule has 1 N–H and O–H groups in total. The number of hydrogen-bond donors (Lipinski definition) is 1. The van der Waals surface area contributed by atoms with Gasteiger partial charge in [0.1, 0.15) is 0 Å². The summed E-state index contributed by atoms with van der Waals surface area (Å²) in [5.41, 5.74) is 1.97. The van der Waals surface area contributed by atoms with Gasteiger partial charge < -0.3 is 10.1 Å². The predicted molar refractivity (Wildman–Crippen MR) is 89.1 cm³/mol. The lowest BCUT2D eigenvalue weighted by Crippen LogP contribution is -2.44. The Morgan fingerprint density at radius 2 is 2.08 bits per heavy atom. The zero-order valence-corrected chi connectivity index (χ0v) is 13.3. The van der Waals surface area contributed by atoms with Crippen molar-refractivity contribution < 1.29 is 9.53 Å². The van der Waals surface area contributed by atoms with Crippen LogP contribution in [0.1, 0.15) is 12.0 Å². The molecule has 0 aliphatic carbocycles. The monoisotopic (exact) mass is 324 g/mol. The molecule has 24 heavy (non-hydrogen) atoms. The first-order valence-corrected chi connectivity index (χ1v) is 8.25. The van der Waals surface area contributed by atoms with Crippen molar-refractivity contribution >= 4 is 11.6 Å². The van der Waals surface area contributed by atoms with Crippen molar-refractivity contribution in [1.82, 2.24) is 14.9 Å². The summed E-state index contributed by atoms with van der Waals surface area (Å²) in [4.78, 5) is 23.0. The molecule has 0 spiro atoms. The molecule has 1 amide bonds. The number of pyridine rings is 2. The van der Waals surface area contributed by atoms with E-state index in [2.05, 4.69) is 20.2 Å². The molecule has 3 atom stereocenters. The number of aromatic nitrogens is 2. The first-order chi connectivity index (χ1) is 11.8. The number of hydrogen-bond acceptors (Lipinski definition) is 5. The molecular formula is C18H20N4O2. The Kier molecular flexibility index (Phi) is 4.23. The number of morpholine rings is 1. The Balaban J connectivity index is 1.39. The van der Waals surface area contributed by atoms with Crippen molar-refractivity contribution in [2.45, 2.75) is 25.2 Å². The molecular weight excluding hydrogens is 304 g/mol. The smallest absolute Gasteiger partial charge is 0.230 e. The van der Waals surface area contributed by atoms with Crippen LogP contribution in [0.5, 0.6) is 0 Å². The van der Waals surface area contributed by atoms with Gasteiger partial charge in [0.2, 0.25) is 5.91 Å². The van der Waals surface area contributed by atoms with Gasteiger partial charge in [-0.1, -0.05) is 0 Å². The maximum absolute atomic E-state index is 12.6. The highest BCUT2D eigenvalue weighted by Gasteiger charge is 2.44. The summed E-state index contributed by atoms with van der Waals surface area (Å²) in [6.45, 7) is 2.52. The van der Waals surface area contributed by atoms with Crippen molar-refractivity contribution in [1.29, 1.82) is 0 Å². The second kappa shape index (κ2) is 6.67. The maximum Gasteiger partial charge on any atom is 0.230 e. The quantitative estimate of drug-likeness (QED) is 0.927. The summed E-state index contributed by atoms with van der Waals surface area (Å²) in [7, 11) is 0. The van der Waals surface area contributed by atoms with Crippen LogP contribution in [0.25, 0.3) is 0 Å². The van der Waals surface area contributed by atoms with E-state index in [1.165, 1.54) is 5.56 Å². The number of nitrogens with zero attached hydrogens (tertiary/aromatic N) is 3. The fourth-order valence-corrected chi connectivity index (χ4v) is 3.56. The van der Waals surface area contributed by atoms with Gasteiger partial charge in [-0.2, -0.15) is 0 Å². The van der Waals surface area contributed by atoms with E-state index in [0.29, 0.717) is 0 Å². The zero-order chi connectivity index (χ0) is 16.4. The van der Waals surface area contributed by atoms with Gasteiger partial charge in [0.05, 0.1) is 30.0 Å². The van der Waals surface area contributed by atoms with Crippen molar-refractivity contribution in [2.75, 3.05) is 18.4 Å². The molecule has 2 aromatic heterocycles. The number of rotatable bonds is 4. The average molecular weight is 324 g/mol. The molecule has 4 rings (SSSR count). The highest BCUT2D eigenvalue weighted by atomic mass is 16.5. The molecule has 0 radical (unpaired) electrons. The largest absolute Gasteiger partial charge is 0.371 e. The number of ether oxygens (including phenoxy) is 1. The molecule has 2 fully saturated rings. The zero-order valence-electron chi connectivity index (χ0n) is 13.3. The summed E-state index contributed by atoms with van der Waals surface area (Å²) < 4.78 is 6.01. The van der Waals surface area contributed by atoms with Crippen molar-refractivity contribution in [3.8, 4) is 0 Å². The molecule has 2 aromatic rings. The first-order valence-electron chi connectivity index (χ1n) is 8.25. The van der Waals surface area contributed by atoms with Gasteiger partial charge in [-0.15, -0.1) is 0 Å². The number of fused-ring (bicyclic) bond motifs is 2. The topological polar surface area (TPSA) is 67.4 Å². The van der Waals surface area contributed by atoms with E-state index in [4.69, 9.17) is 4.74 Å². The summed E-state index contributed by atoms with van der Waals surface area (Å²) >= 11 is 0. The molecule has 6 heteroatoms. The standard InChI is InChI=1S/C18H20N4O2/c23-18(21-14-2-1-5-20-9-14)16-8-15-11-22(12-17(16)24-15)10-13-3-6-19-7-4-13/h1-7,9,15-17H,8,10-12H2,(H,21,23). The Morgan fingerprint density at radius 3 is 2.88 bits per heavy atom. The fourth-order valence-electron chi connectivity index (χ4n) is 3.56. The number of carbonyl (C=O) groups is 1. The van der Waals surface area contributed by atoms with Gasteiger partial charge in [-0.3, -0.25) is 19.7 Å². The third kappa shape index (κ3) is 3.29. The van der Waals surface area contributed by atoms with Crippen LogP contribution in [-0.4, -0.2) is 46.1 Å². The molecule has 124 valence electrons. The highest BCUT2D eigenvalue weighted by Crippen LogP contribution is 2.33. The van der Waals surface area contributed by atoms with Gasteiger partial charge in [0.25, 0.3) is 0 Å². The molecule has 4 heterocycles. The second-order valence-electron chi connectivity index (χ2n) is 6.42. The number of likely N-dealkylation sites (tertiary alicyclic amines) is 1. The van der Waals surface area contributed by atoms with E-state index in [-0.39, 0.29) is 24.0 Å². The van der Waals surface area contributed by atoms with E-state index in [1.54, 1.807) is 12.4 Å². The summed E-state index contributed by atoms with van der Waals surface area (Å²) in [5, 5.41) is 2.95. The average Bonchev–Trinajstić information content (AvgIpc) is 2.91. The highest BCUT2D eigenvalue weighted by molar-refractivity contribution is 5.93. The minimum Gasteiger partial charge on any atom is -0.371 e. The fraction of sp³-hybridized carbons (Fsp3) is 0.389. The molecule has 6 nitrogen and oxygen atoms in total. The van der Waals surface area contributed by atoms with Crippen LogP contribution in [0, 0.1) is 5.92 Å². The lowest BCUT2D eigenvalue weighted by atomic mass is 9.99.